The molecule has 0 fully saturated rings. The molecule has 0 saturated carbocycles. The summed E-state index contributed by atoms with van der Waals surface area (Å²) in [6, 6.07) is 14.0. The molecule has 0 bridgehead atoms. The Morgan fingerprint density at radius 3 is 2.41 bits per heavy atom. The van der Waals surface area contributed by atoms with Crippen LogP contribution in [0.25, 0.3) is 11.4 Å². The average molecular weight is 357 g/mol. The molecule has 22 heavy (non-hydrogen) atoms. The fraction of sp³-hybridized carbons (Fsp3) is 0.235. The first-order valence-corrected chi connectivity index (χ1v) is 7.87. The van der Waals surface area contributed by atoms with Crippen molar-refractivity contribution in [2.24, 2.45) is 7.05 Å². The number of hydrogen-bond donors (Lipinski definition) is 0. The first kappa shape index (κ1) is 14.9. The second kappa shape index (κ2) is 5.65. The Hall–Kier alpha value is -2.01. The summed E-state index contributed by atoms with van der Waals surface area (Å²) in [6.07, 6.45) is 1.81. The van der Waals surface area contributed by atoms with E-state index < -0.39 is 0 Å². The van der Waals surface area contributed by atoms with E-state index in [2.05, 4.69) is 45.0 Å². The molecule has 0 atom stereocenters. The highest BCUT2D eigenvalue weighted by Gasteiger charge is 2.31. The molecule has 5 heteroatoms. The van der Waals surface area contributed by atoms with Gasteiger partial charge in [0.05, 0.1) is 11.1 Å². The summed E-state index contributed by atoms with van der Waals surface area (Å²) in [7, 11) is 1.99. The molecule has 2 aromatic heterocycles. The van der Waals surface area contributed by atoms with Crippen LogP contribution in [0.3, 0.4) is 0 Å². The van der Waals surface area contributed by atoms with Crippen LogP contribution in [0, 0.1) is 0 Å². The number of hydrogen-bond acceptors (Lipinski definition) is 3. The van der Waals surface area contributed by atoms with Gasteiger partial charge < -0.3 is 4.57 Å². The minimum atomic E-state index is -0.317. The van der Waals surface area contributed by atoms with Crippen LogP contribution in [0.1, 0.15) is 25.4 Å². The molecule has 0 unspecified atom stereocenters. The van der Waals surface area contributed by atoms with E-state index in [-0.39, 0.29) is 5.41 Å². The zero-order valence-corrected chi connectivity index (χ0v) is 14.4. The third-order valence-electron chi connectivity index (χ3n) is 3.85. The predicted octanol–water partition coefficient (Wildman–Crippen LogP) is 3.97. The smallest absolute Gasteiger partial charge is 0.164 e. The lowest BCUT2D eigenvalue weighted by Crippen LogP contribution is -2.25. The molecule has 0 aliphatic heterocycles. The second-order valence-electron chi connectivity index (χ2n) is 5.73. The van der Waals surface area contributed by atoms with Crippen molar-refractivity contribution in [3.8, 4) is 11.4 Å². The number of aromatic nitrogens is 4. The highest BCUT2D eigenvalue weighted by Crippen LogP contribution is 2.32. The summed E-state index contributed by atoms with van der Waals surface area (Å²) in [5, 5.41) is 8.83. The number of nitrogens with zero attached hydrogens (tertiary/aromatic N) is 4. The molecule has 2 heterocycles. The fourth-order valence-electron chi connectivity index (χ4n) is 2.60. The molecule has 0 saturated heterocycles. The third kappa shape index (κ3) is 2.46. The van der Waals surface area contributed by atoms with Crippen molar-refractivity contribution < 1.29 is 0 Å². The van der Waals surface area contributed by atoms with Gasteiger partial charge in [0, 0.05) is 23.3 Å². The minimum Gasteiger partial charge on any atom is -0.313 e. The normalized spacial score (nSPS) is 11.6. The summed E-state index contributed by atoms with van der Waals surface area (Å²) in [5.74, 6) is 1.73. The highest BCUT2D eigenvalue weighted by molar-refractivity contribution is 9.10. The quantitative estimate of drug-likeness (QED) is 0.713. The Bertz CT molecular complexity index is 793. The molecule has 1 aromatic carbocycles. The van der Waals surface area contributed by atoms with Crippen molar-refractivity contribution in [3.05, 3.63) is 64.7 Å². The van der Waals surface area contributed by atoms with E-state index in [1.165, 1.54) is 0 Å². The standard InChI is InChI=1S/C17H17BrN4/c1-17(2,14-10-6-7-11-19-14)16-21-20-15(22(16)3)12-8-4-5-9-13(12)18/h4-11H,1-3H3. The van der Waals surface area contributed by atoms with Gasteiger partial charge in [0.25, 0.3) is 0 Å². The maximum Gasteiger partial charge on any atom is 0.164 e. The Morgan fingerprint density at radius 1 is 1.00 bits per heavy atom. The lowest BCUT2D eigenvalue weighted by atomic mass is 9.87. The van der Waals surface area contributed by atoms with Crippen LogP contribution in [0.5, 0.6) is 0 Å². The van der Waals surface area contributed by atoms with Crippen LogP contribution < -0.4 is 0 Å². The van der Waals surface area contributed by atoms with E-state index in [0.717, 1.165) is 27.4 Å². The molecular formula is C17H17BrN4. The fourth-order valence-corrected chi connectivity index (χ4v) is 3.06. The first-order chi connectivity index (χ1) is 10.5. The van der Waals surface area contributed by atoms with Gasteiger partial charge in [-0.25, -0.2) is 0 Å². The summed E-state index contributed by atoms with van der Waals surface area (Å²) >= 11 is 3.58. The summed E-state index contributed by atoms with van der Waals surface area (Å²) < 4.78 is 3.04. The van der Waals surface area contributed by atoms with E-state index >= 15 is 0 Å². The molecule has 0 aliphatic rings. The number of benzene rings is 1. The van der Waals surface area contributed by atoms with Gasteiger partial charge in [-0.2, -0.15) is 0 Å². The SMILES string of the molecule is Cn1c(-c2ccccc2Br)nnc1C(C)(C)c1ccccn1. The van der Waals surface area contributed by atoms with Gasteiger partial charge in [0.1, 0.15) is 5.82 Å². The first-order valence-electron chi connectivity index (χ1n) is 7.08. The number of rotatable bonds is 3. The average Bonchev–Trinajstić information content (AvgIpc) is 2.91. The molecular weight excluding hydrogens is 340 g/mol. The van der Waals surface area contributed by atoms with Crippen molar-refractivity contribution in [1.29, 1.82) is 0 Å². The van der Waals surface area contributed by atoms with E-state index in [0.29, 0.717) is 0 Å². The van der Waals surface area contributed by atoms with E-state index in [1.54, 1.807) is 0 Å². The number of pyridine rings is 1. The molecule has 0 amide bonds. The van der Waals surface area contributed by atoms with Crippen molar-refractivity contribution in [2.45, 2.75) is 19.3 Å². The molecule has 3 aromatic rings. The van der Waals surface area contributed by atoms with Gasteiger partial charge in [0.15, 0.2) is 5.82 Å². The number of halogens is 1. The van der Waals surface area contributed by atoms with Crippen molar-refractivity contribution in [1.82, 2.24) is 19.7 Å². The zero-order chi connectivity index (χ0) is 15.7. The Labute approximate surface area is 138 Å². The zero-order valence-electron chi connectivity index (χ0n) is 12.8. The third-order valence-corrected chi connectivity index (χ3v) is 4.55. The molecule has 0 spiro atoms. The van der Waals surface area contributed by atoms with Gasteiger partial charge in [-0.1, -0.05) is 40.2 Å². The summed E-state index contributed by atoms with van der Waals surface area (Å²) in [5.41, 5.74) is 1.69. The largest absolute Gasteiger partial charge is 0.313 e. The van der Waals surface area contributed by atoms with E-state index in [1.807, 2.05) is 60.3 Å². The van der Waals surface area contributed by atoms with Crippen LogP contribution >= 0.6 is 15.9 Å². The van der Waals surface area contributed by atoms with Crippen LogP contribution in [-0.4, -0.2) is 19.7 Å². The maximum atomic E-state index is 4.48. The molecule has 3 rings (SSSR count). The lowest BCUT2D eigenvalue weighted by Gasteiger charge is -2.23. The van der Waals surface area contributed by atoms with Gasteiger partial charge in [-0.3, -0.25) is 4.98 Å². The Kier molecular flexibility index (Phi) is 3.83. The Morgan fingerprint density at radius 2 is 1.73 bits per heavy atom. The molecule has 0 radical (unpaired) electrons. The van der Waals surface area contributed by atoms with Crippen molar-refractivity contribution in [3.63, 3.8) is 0 Å². The molecule has 0 N–H and O–H groups in total. The highest BCUT2D eigenvalue weighted by atomic mass is 79.9. The topological polar surface area (TPSA) is 43.6 Å². The Balaban J connectivity index is 2.10. The van der Waals surface area contributed by atoms with Crippen LogP contribution in [0.15, 0.2) is 53.1 Å². The molecule has 0 aliphatic carbocycles. The maximum absolute atomic E-state index is 4.48. The second-order valence-corrected chi connectivity index (χ2v) is 6.58. The van der Waals surface area contributed by atoms with E-state index in [9.17, 15) is 0 Å². The lowest BCUT2D eigenvalue weighted by molar-refractivity contribution is 0.545. The monoisotopic (exact) mass is 356 g/mol. The van der Waals surface area contributed by atoms with Gasteiger partial charge in [-0.15, -0.1) is 10.2 Å². The van der Waals surface area contributed by atoms with Gasteiger partial charge >= 0.3 is 0 Å². The van der Waals surface area contributed by atoms with Crippen LogP contribution in [0.4, 0.5) is 0 Å². The molecule has 112 valence electrons. The van der Waals surface area contributed by atoms with Crippen LogP contribution in [0.2, 0.25) is 0 Å². The summed E-state index contributed by atoms with van der Waals surface area (Å²) in [6.45, 7) is 4.23. The minimum absolute atomic E-state index is 0.317. The van der Waals surface area contributed by atoms with Crippen molar-refractivity contribution >= 4 is 15.9 Å². The van der Waals surface area contributed by atoms with Crippen LogP contribution in [-0.2, 0) is 12.5 Å². The van der Waals surface area contributed by atoms with Crippen molar-refractivity contribution in [2.75, 3.05) is 0 Å². The molecule has 4 nitrogen and oxygen atoms in total. The summed E-state index contributed by atoms with van der Waals surface area (Å²) in [4.78, 5) is 4.48. The van der Waals surface area contributed by atoms with Gasteiger partial charge in [-0.05, 0) is 32.0 Å². The van der Waals surface area contributed by atoms with E-state index in [4.69, 9.17) is 0 Å². The van der Waals surface area contributed by atoms with Gasteiger partial charge in [0.2, 0.25) is 0 Å². The predicted molar refractivity (Wildman–Crippen MR) is 90.5 cm³/mol.